The van der Waals surface area contributed by atoms with Gasteiger partial charge in [-0.15, -0.1) is 0 Å². The van der Waals surface area contributed by atoms with Gasteiger partial charge in [-0.25, -0.2) is 0 Å². The molecule has 0 atom stereocenters. The molecular formula is C18H19F3N2O2. The minimum atomic E-state index is -4.47. The average molecular weight is 352 g/mol. The number of furan rings is 1. The molecule has 134 valence electrons. The second-order valence-corrected chi connectivity index (χ2v) is 6.12. The molecule has 2 heterocycles. The average Bonchev–Trinajstić information content (AvgIpc) is 3.01. The Morgan fingerprint density at radius 3 is 2.48 bits per heavy atom. The summed E-state index contributed by atoms with van der Waals surface area (Å²) in [6.45, 7) is 3.16. The van der Waals surface area contributed by atoms with Gasteiger partial charge in [0.15, 0.2) is 0 Å². The third-order valence-corrected chi connectivity index (χ3v) is 4.37. The van der Waals surface area contributed by atoms with E-state index < -0.39 is 17.6 Å². The zero-order chi connectivity index (χ0) is 18.0. The van der Waals surface area contributed by atoms with Gasteiger partial charge in [0.05, 0.1) is 28.8 Å². The highest BCUT2D eigenvalue weighted by Gasteiger charge is 2.32. The lowest BCUT2D eigenvalue weighted by Gasteiger charge is -2.31. The summed E-state index contributed by atoms with van der Waals surface area (Å²) in [5.74, 6) is -0.0622. The van der Waals surface area contributed by atoms with Crippen LogP contribution in [-0.2, 0) is 6.18 Å². The first-order chi connectivity index (χ1) is 11.9. The fraction of sp³-hybridized carbons (Fsp3) is 0.389. The Morgan fingerprint density at radius 1 is 1.16 bits per heavy atom. The molecule has 1 aromatic carbocycles. The van der Waals surface area contributed by atoms with E-state index in [-0.39, 0.29) is 5.69 Å². The molecule has 1 aromatic heterocycles. The second-order valence-electron chi connectivity index (χ2n) is 6.12. The van der Waals surface area contributed by atoms with Crippen molar-refractivity contribution in [3.63, 3.8) is 0 Å². The standard InChI is InChI=1S/C18H19F3N2O2/c1-12-14(7-10-25-12)17(24)22-15-11-13(18(19,20)21)5-6-16(15)23-8-3-2-4-9-23/h5-7,10-11H,2-4,8-9H2,1H3,(H,22,24). The van der Waals surface area contributed by atoms with Gasteiger partial charge >= 0.3 is 6.18 Å². The van der Waals surface area contributed by atoms with E-state index >= 15 is 0 Å². The number of nitrogens with zero attached hydrogens (tertiary/aromatic N) is 1. The predicted octanol–water partition coefficient (Wildman–Crippen LogP) is 4.85. The Labute approximate surface area is 143 Å². The number of rotatable bonds is 3. The van der Waals surface area contributed by atoms with E-state index in [0.717, 1.165) is 44.5 Å². The third kappa shape index (κ3) is 3.81. The molecule has 1 aliphatic heterocycles. The first-order valence-corrected chi connectivity index (χ1v) is 8.18. The van der Waals surface area contributed by atoms with E-state index in [1.807, 2.05) is 4.90 Å². The van der Waals surface area contributed by atoms with Gasteiger partial charge in [0, 0.05) is 13.1 Å². The van der Waals surface area contributed by atoms with Crippen molar-refractivity contribution >= 4 is 17.3 Å². The maximum atomic E-state index is 13.1. The second kappa shape index (κ2) is 6.82. The first kappa shape index (κ1) is 17.4. The highest BCUT2D eigenvalue weighted by molar-refractivity contribution is 6.06. The van der Waals surface area contributed by atoms with Gasteiger partial charge < -0.3 is 14.6 Å². The molecule has 1 amide bonds. The molecule has 1 N–H and O–H groups in total. The molecule has 1 fully saturated rings. The van der Waals surface area contributed by atoms with E-state index in [4.69, 9.17) is 4.42 Å². The van der Waals surface area contributed by atoms with Gasteiger partial charge in [-0.2, -0.15) is 13.2 Å². The predicted molar refractivity (Wildman–Crippen MR) is 88.9 cm³/mol. The summed E-state index contributed by atoms with van der Waals surface area (Å²) in [5.41, 5.74) is 0.305. The summed E-state index contributed by atoms with van der Waals surface area (Å²) >= 11 is 0. The van der Waals surface area contributed by atoms with Crippen molar-refractivity contribution in [2.45, 2.75) is 32.4 Å². The monoisotopic (exact) mass is 352 g/mol. The molecule has 4 nitrogen and oxygen atoms in total. The van der Waals surface area contributed by atoms with Crippen molar-refractivity contribution in [1.82, 2.24) is 0 Å². The van der Waals surface area contributed by atoms with Crippen molar-refractivity contribution in [3.8, 4) is 0 Å². The van der Waals surface area contributed by atoms with Gasteiger partial charge in [0.2, 0.25) is 0 Å². The highest BCUT2D eigenvalue weighted by Crippen LogP contribution is 2.36. The van der Waals surface area contributed by atoms with Crippen LogP contribution in [0.1, 0.15) is 40.9 Å². The van der Waals surface area contributed by atoms with Crippen molar-refractivity contribution < 1.29 is 22.4 Å². The number of hydrogen-bond acceptors (Lipinski definition) is 3. The maximum Gasteiger partial charge on any atom is 0.416 e. The molecule has 0 radical (unpaired) electrons. The number of carbonyl (C=O) groups excluding carboxylic acids is 1. The molecule has 7 heteroatoms. The van der Waals surface area contributed by atoms with Gasteiger partial charge in [-0.05, 0) is 50.5 Å². The minimum absolute atomic E-state index is 0.169. The zero-order valence-electron chi connectivity index (χ0n) is 13.8. The van der Waals surface area contributed by atoms with Crippen LogP contribution in [0.2, 0.25) is 0 Å². The van der Waals surface area contributed by atoms with Crippen LogP contribution >= 0.6 is 0 Å². The van der Waals surface area contributed by atoms with E-state index in [1.54, 1.807) is 6.92 Å². The van der Waals surface area contributed by atoms with Crippen LogP contribution in [0.15, 0.2) is 34.9 Å². The molecule has 1 aliphatic rings. The molecule has 0 unspecified atom stereocenters. The fourth-order valence-electron chi connectivity index (χ4n) is 3.03. The molecule has 0 aliphatic carbocycles. The number of halogens is 3. The fourth-order valence-corrected chi connectivity index (χ4v) is 3.03. The van der Waals surface area contributed by atoms with Crippen molar-refractivity contribution in [2.75, 3.05) is 23.3 Å². The van der Waals surface area contributed by atoms with Crippen LogP contribution in [0.25, 0.3) is 0 Å². The Balaban J connectivity index is 1.95. The van der Waals surface area contributed by atoms with Crippen LogP contribution in [0.5, 0.6) is 0 Å². The quantitative estimate of drug-likeness (QED) is 0.859. The number of alkyl halides is 3. The smallest absolute Gasteiger partial charge is 0.416 e. The normalized spacial score (nSPS) is 15.3. The lowest BCUT2D eigenvalue weighted by atomic mass is 10.1. The summed E-state index contributed by atoms with van der Waals surface area (Å²) in [6.07, 6.45) is -0.0229. The Bertz CT molecular complexity index is 762. The van der Waals surface area contributed by atoms with Crippen LogP contribution in [0, 0.1) is 6.92 Å². The third-order valence-electron chi connectivity index (χ3n) is 4.37. The van der Waals surface area contributed by atoms with Crippen LogP contribution < -0.4 is 10.2 Å². The van der Waals surface area contributed by atoms with E-state index in [2.05, 4.69) is 5.32 Å². The number of nitrogens with one attached hydrogen (secondary N) is 1. The van der Waals surface area contributed by atoms with Gasteiger partial charge in [-0.3, -0.25) is 4.79 Å². The van der Waals surface area contributed by atoms with E-state index in [9.17, 15) is 18.0 Å². The highest BCUT2D eigenvalue weighted by atomic mass is 19.4. The maximum absolute atomic E-state index is 13.1. The van der Waals surface area contributed by atoms with Gasteiger partial charge in [0.1, 0.15) is 5.76 Å². The van der Waals surface area contributed by atoms with E-state index in [0.29, 0.717) is 17.0 Å². The molecular weight excluding hydrogens is 333 g/mol. The first-order valence-electron chi connectivity index (χ1n) is 8.18. The molecule has 3 rings (SSSR count). The summed E-state index contributed by atoms with van der Waals surface area (Å²) < 4.78 is 44.3. The van der Waals surface area contributed by atoms with Crippen LogP contribution in [-0.4, -0.2) is 19.0 Å². The molecule has 0 saturated carbocycles. The number of benzene rings is 1. The number of aryl methyl sites for hydroxylation is 1. The Morgan fingerprint density at radius 2 is 1.88 bits per heavy atom. The Hall–Kier alpha value is -2.44. The lowest BCUT2D eigenvalue weighted by molar-refractivity contribution is -0.137. The SMILES string of the molecule is Cc1occc1C(=O)Nc1cc(C(F)(F)F)ccc1N1CCCCC1. The number of amides is 1. The largest absolute Gasteiger partial charge is 0.469 e. The molecule has 25 heavy (non-hydrogen) atoms. The van der Waals surface area contributed by atoms with Crippen LogP contribution in [0.4, 0.5) is 24.5 Å². The van der Waals surface area contributed by atoms with Gasteiger partial charge in [-0.1, -0.05) is 0 Å². The van der Waals surface area contributed by atoms with E-state index in [1.165, 1.54) is 18.4 Å². The Kier molecular flexibility index (Phi) is 4.74. The molecule has 0 spiro atoms. The van der Waals surface area contributed by atoms with Crippen molar-refractivity contribution in [3.05, 3.63) is 47.4 Å². The summed E-state index contributed by atoms with van der Waals surface area (Å²) in [4.78, 5) is 14.4. The topological polar surface area (TPSA) is 45.5 Å². The zero-order valence-corrected chi connectivity index (χ0v) is 13.8. The summed E-state index contributed by atoms with van der Waals surface area (Å²) in [6, 6.07) is 4.99. The number of hydrogen-bond donors (Lipinski definition) is 1. The lowest BCUT2D eigenvalue weighted by Crippen LogP contribution is -2.30. The summed E-state index contributed by atoms with van der Waals surface area (Å²) in [5, 5.41) is 2.62. The van der Waals surface area contributed by atoms with Crippen molar-refractivity contribution in [1.29, 1.82) is 0 Å². The molecule has 2 aromatic rings. The van der Waals surface area contributed by atoms with Crippen molar-refractivity contribution in [2.24, 2.45) is 0 Å². The molecule has 1 saturated heterocycles. The van der Waals surface area contributed by atoms with Crippen LogP contribution in [0.3, 0.4) is 0 Å². The number of carbonyl (C=O) groups is 1. The summed E-state index contributed by atoms with van der Waals surface area (Å²) in [7, 11) is 0. The molecule has 0 bridgehead atoms. The number of piperidine rings is 1. The minimum Gasteiger partial charge on any atom is -0.469 e. The number of anilines is 2. The van der Waals surface area contributed by atoms with Gasteiger partial charge in [0.25, 0.3) is 5.91 Å².